The molecule has 1 rings (SSSR count). The van der Waals surface area contributed by atoms with Crippen molar-refractivity contribution in [2.45, 2.75) is 13.1 Å². The fourth-order valence-electron chi connectivity index (χ4n) is 1.16. The van der Waals surface area contributed by atoms with Crippen molar-refractivity contribution in [2.24, 2.45) is 0 Å². The molecule has 0 aromatic heterocycles. The van der Waals surface area contributed by atoms with Gasteiger partial charge in [-0.1, -0.05) is 0 Å². The highest BCUT2D eigenvalue weighted by molar-refractivity contribution is 9.10. The van der Waals surface area contributed by atoms with Crippen LogP contribution in [0.3, 0.4) is 0 Å². The lowest BCUT2D eigenvalue weighted by molar-refractivity contribution is -0.137. The standard InChI is InChI=1S/C10H9BrF3NO2/c1-2-17-9(16)6-3-5(10(12,13)14)4-7(11)8(6)15/h3-4H,2,15H2,1H3. The SMILES string of the molecule is CCOC(=O)c1cc(C(F)(F)F)cc(Br)c1N. The fraction of sp³-hybridized carbons (Fsp3) is 0.300. The molecule has 3 nitrogen and oxygen atoms in total. The summed E-state index contributed by atoms with van der Waals surface area (Å²) in [4.78, 5) is 11.4. The second-order valence-corrected chi connectivity index (χ2v) is 3.99. The van der Waals surface area contributed by atoms with E-state index in [2.05, 4.69) is 20.7 Å². The number of hydrogen-bond acceptors (Lipinski definition) is 3. The maximum Gasteiger partial charge on any atom is 0.416 e. The molecule has 0 fully saturated rings. The molecule has 0 aliphatic rings. The number of nitrogens with two attached hydrogens (primary N) is 1. The van der Waals surface area contributed by atoms with Crippen LogP contribution >= 0.6 is 15.9 Å². The molecule has 0 saturated carbocycles. The highest BCUT2D eigenvalue weighted by atomic mass is 79.9. The molecular weight excluding hydrogens is 303 g/mol. The first-order chi connectivity index (χ1) is 7.77. The third kappa shape index (κ3) is 3.12. The Balaban J connectivity index is 3.30. The molecule has 0 atom stereocenters. The summed E-state index contributed by atoms with van der Waals surface area (Å²) in [6.07, 6.45) is -4.54. The van der Waals surface area contributed by atoms with Gasteiger partial charge in [0.25, 0.3) is 0 Å². The van der Waals surface area contributed by atoms with E-state index in [4.69, 9.17) is 5.73 Å². The molecular formula is C10H9BrF3NO2. The van der Waals surface area contributed by atoms with E-state index in [1.807, 2.05) is 0 Å². The number of carbonyl (C=O) groups excluding carboxylic acids is 1. The maximum atomic E-state index is 12.5. The van der Waals surface area contributed by atoms with E-state index in [1.165, 1.54) is 0 Å². The second kappa shape index (κ2) is 4.95. The fourth-order valence-corrected chi connectivity index (χ4v) is 1.62. The van der Waals surface area contributed by atoms with E-state index in [9.17, 15) is 18.0 Å². The number of carbonyl (C=O) groups is 1. The molecule has 0 bridgehead atoms. The summed E-state index contributed by atoms with van der Waals surface area (Å²) < 4.78 is 42.2. The van der Waals surface area contributed by atoms with Crippen LogP contribution in [0.2, 0.25) is 0 Å². The van der Waals surface area contributed by atoms with Crippen molar-refractivity contribution in [3.8, 4) is 0 Å². The zero-order valence-electron chi connectivity index (χ0n) is 8.77. The average Bonchev–Trinajstić information content (AvgIpc) is 2.20. The van der Waals surface area contributed by atoms with E-state index in [0.29, 0.717) is 6.07 Å². The summed E-state index contributed by atoms with van der Waals surface area (Å²) in [6.45, 7) is 1.61. The monoisotopic (exact) mass is 311 g/mol. The van der Waals surface area contributed by atoms with Crippen LogP contribution in [-0.2, 0) is 10.9 Å². The molecule has 0 saturated heterocycles. The van der Waals surface area contributed by atoms with Gasteiger partial charge in [-0.3, -0.25) is 0 Å². The topological polar surface area (TPSA) is 52.3 Å². The predicted molar refractivity (Wildman–Crippen MR) is 59.5 cm³/mol. The first-order valence-electron chi connectivity index (χ1n) is 4.60. The van der Waals surface area contributed by atoms with Crippen LogP contribution in [0.25, 0.3) is 0 Å². The van der Waals surface area contributed by atoms with Gasteiger partial charge in [0.15, 0.2) is 0 Å². The van der Waals surface area contributed by atoms with Gasteiger partial charge < -0.3 is 10.5 Å². The molecule has 1 aromatic carbocycles. The zero-order chi connectivity index (χ0) is 13.2. The smallest absolute Gasteiger partial charge is 0.416 e. The third-order valence-electron chi connectivity index (χ3n) is 1.95. The minimum atomic E-state index is -4.54. The molecule has 0 heterocycles. The molecule has 0 unspecified atom stereocenters. The molecule has 17 heavy (non-hydrogen) atoms. The number of hydrogen-bond donors (Lipinski definition) is 1. The molecule has 0 aliphatic carbocycles. The van der Waals surface area contributed by atoms with E-state index < -0.39 is 17.7 Å². The molecule has 0 aliphatic heterocycles. The van der Waals surface area contributed by atoms with Gasteiger partial charge in [-0.05, 0) is 35.0 Å². The van der Waals surface area contributed by atoms with E-state index >= 15 is 0 Å². The van der Waals surface area contributed by atoms with Gasteiger partial charge >= 0.3 is 12.1 Å². The molecule has 2 N–H and O–H groups in total. The predicted octanol–water partition coefficient (Wildman–Crippen LogP) is 3.23. The van der Waals surface area contributed by atoms with Crippen molar-refractivity contribution in [1.82, 2.24) is 0 Å². The summed E-state index contributed by atoms with van der Waals surface area (Å²) in [7, 11) is 0. The first-order valence-corrected chi connectivity index (χ1v) is 5.40. The van der Waals surface area contributed by atoms with Crippen molar-refractivity contribution < 1.29 is 22.7 Å². The zero-order valence-corrected chi connectivity index (χ0v) is 10.4. The van der Waals surface area contributed by atoms with Crippen molar-refractivity contribution >= 4 is 27.6 Å². The molecule has 0 radical (unpaired) electrons. The summed E-state index contributed by atoms with van der Waals surface area (Å²) in [5.74, 6) is -0.878. The van der Waals surface area contributed by atoms with Crippen molar-refractivity contribution in [3.63, 3.8) is 0 Å². The van der Waals surface area contributed by atoms with Crippen molar-refractivity contribution in [2.75, 3.05) is 12.3 Å². The van der Waals surface area contributed by atoms with Crippen LogP contribution in [-0.4, -0.2) is 12.6 Å². The Morgan fingerprint density at radius 1 is 1.47 bits per heavy atom. The van der Waals surface area contributed by atoms with Crippen LogP contribution in [0.15, 0.2) is 16.6 Å². The first kappa shape index (κ1) is 13.8. The third-order valence-corrected chi connectivity index (χ3v) is 2.61. The van der Waals surface area contributed by atoms with Gasteiger partial charge in [0.2, 0.25) is 0 Å². The Morgan fingerprint density at radius 2 is 2.06 bits per heavy atom. The largest absolute Gasteiger partial charge is 0.462 e. The van der Waals surface area contributed by atoms with Crippen molar-refractivity contribution in [3.05, 3.63) is 27.7 Å². The minimum absolute atomic E-state index is 0.00961. The van der Waals surface area contributed by atoms with Crippen molar-refractivity contribution in [1.29, 1.82) is 0 Å². The van der Waals surface area contributed by atoms with Crippen LogP contribution in [0.4, 0.5) is 18.9 Å². The number of benzene rings is 1. The number of nitrogen functional groups attached to an aromatic ring is 1. The number of ether oxygens (including phenoxy) is 1. The van der Waals surface area contributed by atoms with E-state index in [0.717, 1.165) is 6.07 Å². The molecule has 1 aromatic rings. The van der Waals surface area contributed by atoms with Crippen LogP contribution in [0.5, 0.6) is 0 Å². The summed E-state index contributed by atoms with van der Waals surface area (Å²) >= 11 is 2.88. The van der Waals surface area contributed by atoms with Crippen LogP contribution in [0.1, 0.15) is 22.8 Å². The van der Waals surface area contributed by atoms with Gasteiger partial charge in [0.05, 0.1) is 23.4 Å². The van der Waals surface area contributed by atoms with Crippen LogP contribution < -0.4 is 5.73 Å². The number of alkyl halides is 3. The lowest BCUT2D eigenvalue weighted by Gasteiger charge is -2.12. The Bertz CT molecular complexity index is 446. The lowest BCUT2D eigenvalue weighted by Crippen LogP contribution is -2.12. The minimum Gasteiger partial charge on any atom is -0.462 e. The summed E-state index contributed by atoms with van der Waals surface area (Å²) in [6, 6.07) is 1.50. The number of anilines is 1. The number of esters is 1. The Hall–Kier alpha value is -1.24. The highest BCUT2D eigenvalue weighted by Crippen LogP contribution is 2.35. The normalized spacial score (nSPS) is 11.4. The van der Waals surface area contributed by atoms with Gasteiger partial charge in [-0.2, -0.15) is 13.2 Å². The Kier molecular flexibility index (Phi) is 4.03. The summed E-state index contributed by atoms with van der Waals surface area (Å²) in [5.41, 5.74) is 4.18. The van der Waals surface area contributed by atoms with E-state index in [1.54, 1.807) is 6.92 Å². The van der Waals surface area contributed by atoms with Gasteiger partial charge in [0.1, 0.15) is 0 Å². The molecule has 7 heteroatoms. The molecule has 94 valence electrons. The average molecular weight is 312 g/mol. The Morgan fingerprint density at radius 3 is 2.53 bits per heavy atom. The van der Waals surface area contributed by atoms with Crippen LogP contribution in [0, 0.1) is 0 Å². The van der Waals surface area contributed by atoms with E-state index in [-0.39, 0.29) is 22.3 Å². The lowest BCUT2D eigenvalue weighted by atomic mass is 10.1. The maximum absolute atomic E-state index is 12.5. The van der Waals surface area contributed by atoms with Gasteiger partial charge in [-0.15, -0.1) is 0 Å². The number of halogens is 4. The summed E-state index contributed by atoms with van der Waals surface area (Å²) in [5, 5.41) is 0. The van der Waals surface area contributed by atoms with Gasteiger partial charge in [-0.25, -0.2) is 4.79 Å². The second-order valence-electron chi connectivity index (χ2n) is 3.14. The highest BCUT2D eigenvalue weighted by Gasteiger charge is 2.32. The molecule has 0 amide bonds. The molecule has 0 spiro atoms. The number of rotatable bonds is 2. The quantitative estimate of drug-likeness (QED) is 0.674. The Labute approximate surface area is 104 Å². The van der Waals surface area contributed by atoms with Gasteiger partial charge in [0, 0.05) is 4.47 Å².